The van der Waals surface area contributed by atoms with Crippen LogP contribution in [0.1, 0.15) is 37.5 Å². The number of ether oxygens (including phenoxy) is 1. The van der Waals surface area contributed by atoms with E-state index in [-0.39, 0.29) is 12.0 Å². The summed E-state index contributed by atoms with van der Waals surface area (Å²) in [5, 5.41) is 12.0. The molecule has 1 aliphatic carbocycles. The molecule has 2 fully saturated rings. The van der Waals surface area contributed by atoms with Crippen LogP contribution in [0.2, 0.25) is 0 Å². The third-order valence-corrected chi connectivity index (χ3v) is 4.66. The molecule has 0 aromatic carbocycles. The number of nitrogens with one attached hydrogen (secondary N) is 1. The molecule has 0 bridgehead atoms. The molecule has 21 heavy (non-hydrogen) atoms. The van der Waals surface area contributed by atoms with E-state index in [1.54, 1.807) is 0 Å². The van der Waals surface area contributed by atoms with Gasteiger partial charge in [0, 0.05) is 19.2 Å². The van der Waals surface area contributed by atoms with Gasteiger partial charge in [0.15, 0.2) is 5.16 Å². The fourth-order valence-electron chi connectivity index (χ4n) is 2.46. The lowest BCUT2D eigenvalue weighted by Crippen LogP contribution is -2.32. The van der Waals surface area contributed by atoms with Crippen molar-refractivity contribution in [1.82, 2.24) is 20.1 Å². The smallest absolute Gasteiger partial charge is 0.230 e. The van der Waals surface area contributed by atoms with Crippen molar-refractivity contribution in [2.75, 3.05) is 18.9 Å². The molecule has 1 saturated heterocycles. The van der Waals surface area contributed by atoms with Crippen molar-refractivity contribution in [2.45, 2.75) is 49.5 Å². The molecule has 0 radical (unpaired) electrons. The van der Waals surface area contributed by atoms with Crippen LogP contribution in [-0.2, 0) is 16.1 Å². The summed E-state index contributed by atoms with van der Waals surface area (Å²) in [5.74, 6) is 1.16. The van der Waals surface area contributed by atoms with Gasteiger partial charge in [-0.3, -0.25) is 4.79 Å². The van der Waals surface area contributed by atoms with Crippen LogP contribution < -0.4 is 11.1 Å². The fraction of sp³-hybridized carbons (Fsp3) is 0.769. The van der Waals surface area contributed by atoms with Gasteiger partial charge in [0.25, 0.3) is 0 Å². The maximum Gasteiger partial charge on any atom is 0.230 e. The quantitative estimate of drug-likeness (QED) is 0.710. The minimum absolute atomic E-state index is 0.00939. The Kier molecular flexibility index (Phi) is 4.77. The number of rotatable bonds is 7. The Bertz CT molecular complexity index is 497. The number of nitrogens with two attached hydrogens (primary N) is 1. The van der Waals surface area contributed by atoms with Gasteiger partial charge < -0.3 is 20.4 Å². The SMILES string of the molecule is NCc1nnc(SCC(=O)NCC2CCCO2)n1C1CC1. The largest absolute Gasteiger partial charge is 0.376 e. The van der Waals surface area contributed by atoms with Crippen LogP contribution in [0, 0.1) is 0 Å². The van der Waals surface area contributed by atoms with E-state index in [9.17, 15) is 4.79 Å². The normalized spacial score (nSPS) is 21.7. The van der Waals surface area contributed by atoms with Crippen LogP contribution in [0.15, 0.2) is 5.16 Å². The summed E-state index contributed by atoms with van der Waals surface area (Å²) in [6.07, 6.45) is 4.58. The molecule has 1 aromatic heterocycles. The predicted molar refractivity (Wildman–Crippen MR) is 78.9 cm³/mol. The molecular weight excluding hydrogens is 290 g/mol. The lowest BCUT2D eigenvalue weighted by Gasteiger charge is -2.11. The Morgan fingerprint density at radius 3 is 2.95 bits per heavy atom. The van der Waals surface area contributed by atoms with E-state index in [2.05, 4.69) is 20.1 Å². The van der Waals surface area contributed by atoms with Crippen LogP contribution in [0.4, 0.5) is 0 Å². The number of hydrogen-bond donors (Lipinski definition) is 2. The van der Waals surface area contributed by atoms with Crippen LogP contribution in [0.3, 0.4) is 0 Å². The van der Waals surface area contributed by atoms with Gasteiger partial charge in [0.1, 0.15) is 5.82 Å². The van der Waals surface area contributed by atoms with E-state index < -0.39 is 0 Å². The van der Waals surface area contributed by atoms with Crippen molar-refractivity contribution in [3.05, 3.63) is 5.82 Å². The Morgan fingerprint density at radius 2 is 2.29 bits per heavy atom. The second-order valence-corrected chi connectivity index (χ2v) is 6.37. The minimum Gasteiger partial charge on any atom is -0.376 e. The van der Waals surface area contributed by atoms with Crippen molar-refractivity contribution in [2.24, 2.45) is 5.73 Å². The number of hydrogen-bond acceptors (Lipinski definition) is 6. The van der Waals surface area contributed by atoms with Crippen molar-refractivity contribution < 1.29 is 9.53 Å². The molecule has 2 heterocycles. The van der Waals surface area contributed by atoms with Gasteiger partial charge in [0.2, 0.25) is 5.91 Å². The number of carbonyl (C=O) groups excluding carboxylic acids is 1. The first kappa shape index (κ1) is 14.8. The highest BCUT2D eigenvalue weighted by molar-refractivity contribution is 7.99. The molecule has 1 atom stereocenters. The van der Waals surface area contributed by atoms with Crippen LogP contribution in [0.25, 0.3) is 0 Å². The summed E-state index contributed by atoms with van der Waals surface area (Å²) >= 11 is 1.42. The van der Waals surface area contributed by atoms with E-state index in [0.29, 0.717) is 24.9 Å². The Hall–Kier alpha value is -1.12. The van der Waals surface area contributed by atoms with Gasteiger partial charge in [-0.15, -0.1) is 10.2 Å². The maximum atomic E-state index is 11.9. The number of thioether (sulfide) groups is 1. The number of nitrogens with zero attached hydrogens (tertiary/aromatic N) is 3. The molecule has 8 heteroatoms. The Balaban J connectivity index is 1.48. The van der Waals surface area contributed by atoms with E-state index in [1.807, 2.05) is 0 Å². The number of carbonyl (C=O) groups is 1. The van der Waals surface area contributed by atoms with E-state index >= 15 is 0 Å². The zero-order valence-corrected chi connectivity index (χ0v) is 12.8. The zero-order valence-electron chi connectivity index (χ0n) is 12.0. The second-order valence-electron chi connectivity index (χ2n) is 5.43. The third kappa shape index (κ3) is 3.75. The van der Waals surface area contributed by atoms with E-state index in [0.717, 1.165) is 43.3 Å². The number of amides is 1. The molecule has 3 N–H and O–H groups in total. The van der Waals surface area contributed by atoms with Crippen LogP contribution in [0.5, 0.6) is 0 Å². The van der Waals surface area contributed by atoms with Gasteiger partial charge in [0.05, 0.1) is 18.4 Å². The topological polar surface area (TPSA) is 95.1 Å². The average Bonchev–Trinajstić information content (AvgIpc) is 3.04. The summed E-state index contributed by atoms with van der Waals surface area (Å²) in [4.78, 5) is 11.9. The van der Waals surface area contributed by atoms with Gasteiger partial charge >= 0.3 is 0 Å². The molecular formula is C13H21N5O2S. The second kappa shape index (κ2) is 6.76. The van der Waals surface area contributed by atoms with Crippen molar-refractivity contribution in [3.63, 3.8) is 0 Å². The first-order chi connectivity index (χ1) is 10.3. The standard InChI is InChI=1S/C13H21N5O2S/c14-6-11-16-17-13(18(11)9-3-4-9)21-8-12(19)15-7-10-2-1-5-20-10/h9-10H,1-8,14H2,(H,15,19). The summed E-state index contributed by atoms with van der Waals surface area (Å²) < 4.78 is 7.56. The van der Waals surface area contributed by atoms with E-state index in [4.69, 9.17) is 10.5 Å². The molecule has 1 aromatic rings. The molecule has 7 nitrogen and oxygen atoms in total. The molecule has 2 aliphatic rings. The Morgan fingerprint density at radius 1 is 1.43 bits per heavy atom. The van der Waals surface area contributed by atoms with Gasteiger partial charge in [-0.25, -0.2) is 0 Å². The summed E-state index contributed by atoms with van der Waals surface area (Å²) in [5.41, 5.74) is 5.68. The third-order valence-electron chi connectivity index (χ3n) is 3.71. The minimum atomic E-state index is 0.00939. The first-order valence-corrected chi connectivity index (χ1v) is 8.41. The molecule has 1 amide bonds. The zero-order chi connectivity index (χ0) is 14.7. The summed E-state index contributed by atoms with van der Waals surface area (Å²) in [6.45, 7) is 1.79. The van der Waals surface area contributed by atoms with Gasteiger partial charge in [-0.2, -0.15) is 0 Å². The molecule has 1 saturated carbocycles. The van der Waals surface area contributed by atoms with E-state index in [1.165, 1.54) is 11.8 Å². The maximum absolute atomic E-state index is 11.9. The lowest BCUT2D eigenvalue weighted by molar-refractivity contribution is -0.119. The molecule has 0 spiro atoms. The van der Waals surface area contributed by atoms with Crippen molar-refractivity contribution in [3.8, 4) is 0 Å². The lowest BCUT2D eigenvalue weighted by atomic mass is 10.2. The highest BCUT2D eigenvalue weighted by Crippen LogP contribution is 2.38. The summed E-state index contributed by atoms with van der Waals surface area (Å²) in [6, 6.07) is 0.469. The highest BCUT2D eigenvalue weighted by Gasteiger charge is 2.29. The molecule has 3 rings (SSSR count). The first-order valence-electron chi connectivity index (χ1n) is 7.43. The fourth-order valence-corrected chi connectivity index (χ4v) is 3.31. The van der Waals surface area contributed by atoms with Crippen LogP contribution >= 0.6 is 11.8 Å². The average molecular weight is 311 g/mol. The van der Waals surface area contributed by atoms with Crippen molar-refractivity contribution >= 4 is 17.7 Å². The highest BCUT2D eigenvalue weighted by atomic mass is 32.2. The predicted octanol–water partition coefficient (Wildman–Crippen LogP) is 0.459. The molecule has 116 valence electrons. The van der Waals surface area contributed by atoms with Gasteiger partial charge in [-0.05, 0) is 25.7 Å². The molecule has 1 unspecified atom stereocenters. The molecule has 1 aliphatic heterocycles. The monoisotopic (exact) mass is 311 g/mol. The number of aromatic nitrogens is 3. The van der Waals surface area contributed by atoms with Crippen LogP contribution in [-0.4, -0.2) is 45.7 Å². The Labute approximate surface area is 128 Å². The summed E-state index contributed by atoms with van der Waals surface area (Å²) in [7, 11) is 0. The van der Waals surface area contributed by atoms with Gasteiger partial charge in [-0.1, -0.05) is 11.8 Å². The van der Waals surface area contributed by atoms with Crippen molar-refractivity contribution in [1.29, 1.82) is 0 Å².